The standard InChI is InChI=1S/C25H26ClNO6S/c1-17(25(29)30)33-21-7-11-23(12-8-21)34(31,32)22-9-5-18(6-10-22)13-14-27-16-24(28)19-3-2-4-20(26)15-19/h2-12,15,17,24,27-28H,13-14,16H2,1H3,(H,29,30)/t17-,24-/m0/s1. The second-order valence-corrected chi connectivity index (χ2v) is 10.1. The van der Waals surface area contributed by atoms with Crippen molar-refractivity contribution in [1.82, 2.24) is 5.32 Å². The van der Waals surface area contributed by atoms with Crippen molar-refractivity contribution < 1.29 is 28.2 Å². The molecule has 0 bridgehead atoms. The third-order valence-corrected chi connectivity index (χ3v) is 7.21. The second-order valence-electron chi connectivity index (χ2n) is 7.74. The molecule has 9 heteroatoms. The number of aliphatic hydroxyl groups is 1. The van der Waals surface area contributed by atoms with E-state index in [-0.39, 0.29) is 15.5 Å². The first-order chi connectivity index (χ1) is 16.2. The van der Waals surface area contributed by atoms with Crippen LogP contribution in [-0.2, 0) is 21.1 Å². The zero-order valence-corrected chi connectivity index (χ0v) is 20.1. The lowest BCUT2D eigenvalue weighted by Crippen LogP contribution is -2.23. The van der Waals surface area contributed by atoms with Crippen LogP contribution in [0.5, 0.6) is 5.75 Å². The average Bonchev–Trinajstić information content (AvgIpc) is 2.82. The van der Waals surface area contributed by atoms with Gasteiger partial charge in [0.2, 0.25) is 9.84 Å². The summed E-state index contributed by atoms with van der Waals surface area (Å²) in [4.78, 5) is 11.1. The molecular weight excluding hydrogens is 478 g/mol. The SMILES string of the molecule is C[C@H](Oc1ccc(S(=O)(=O)c2ccc(CCNC[C@H](O)c3cccc(Cl)c3)cc2)cc1)C(=O)O. The number of sulfone groups is 1. The monoisotopic (exact) mass is 503 g/mol. The number of halogens is 1. The highest BCUT2D eigenvalue weighted by atomic mass is 35.5. The predicted octanol–water partition coefficient (Wildman–Crippen LogP) is 3.89. The Hall–Kier alpha value is -2.91. The van der Waals surface area contributed by atoms with Crippen molar-refractivity contribution in [2.75, 3.05) is 13.1 Å². The summed E-state index contributed by atoms with van der Waals surface area (Å²) in [7, 11) is -3.72. The number of hydrogen-bond acceptors (Lipinski definition) is 6. The summed E-state index contributed by atoms with van der Waals surface area (Å²) >= 11 is 5.95. The van der Waals surface area contributed by atoms with E-state index in [1.54, 1.807) is 42.5 Å². The van der Waals surface area contributed by atoms with E-state index >= 15 is 0 Å². The summed E-state index contributed by atoms with van der Waals surface area (Å²) in [6, 6.07) is 19.4. The molecule has 180 valence electrons. The van der Waals surface area contributed by atoms with Gasteiger partial charge < -0.3 is 20.3 Å². The summed E-state index contributed by atoms with van der Waals surface area (Å²) in [6.45, 7) is 2.38. The van der Waals surface area contributed by atoms with E-state index in [1.807, 2.05) is 6.07 Å². The number of carbonyl (C=O) groups is 1. The molecule has 0 amide bonds. The van der Waals surface area contributed by atoms with Crippen LogP contribution in [0.15, 0.2) is 82.6 Å². The molecule has 3 N–H and O–H groups in total. The van der Waals surface area contributed by atoms with E-state index in [9.17, 15) is 18.3 Å². The average molecular weight is 504 g/mol. The van der Waals surface area contributed by atoms with Gasteiger partial charge in [0, 0.05) is 11.6 Å². The molecule has 0 radical (unpaired) electrons. The molecule has 0 aliphatic carbocycles. The fraction of sp³-hybridized carbons (Fsp3) is 0.240. The smallest absolute Gasteiger partial charge is 0.344 e. The first kappa shape index (κ1) is 25.7. The largest absolute Gasteiger partial charge is 0.479 e. The quantitative estimate of drug-likeness (QED) is 0.340. The minimum atomic E-state index is -3.72. The molecule has 0 unspecified atom stereocenters. The number of aliphatic hydroxyl groups excluding tert-OH is 1. The topological polar surface area (TPSA) is 113 Å². The molecule has 0 fully saturated rings. The van der Waals surface area contributed by atoms with E-state index in [1.165, 1.54) is 31.2 Å². The zero-order chi connectivity index (χ0) is 24.7. The lowest BCUT2D eigenvalue weighted by atomic mass is 10.1. The van der Waals surface area contributed by atoms with Gasteiger partial charge in [-0.1, -0.05) is 35.9 Å². The van der Waals surface area contributed by atoms with E-state index < -0.39 is 28.0 Å². The highest BCUT2D eigenvalue weighted by Crippen LogP contribution is 2.24. The van der Waals surface area contributed by atoms with E-state index in [2.05, 4.69) is 5.32 Å². The summed E-state index contributed by atoms with van der Waals surface area (Å²) in [5.41, 5.74) is 1.70. The van der Waals surface area contributed by atoms with Crippen molar-refractivity contribution in [3.63, 3.8) is 0 Å². The molecule has 0 aliphatic heterocycles. The number of nitrogens with one attached hydrogen (secondary N) is 1. The third kappa shape index (κ3) is 6.80. The minimum Gasteiger partial charge on any atom is -0.479 e. The van der Waals surface area contributed by atoms with Gasteiger partial charge in [-0.3, -0.25) is 0 Å². The minimum absolute atomic E-state index is 0.0900. The Morgan fingerprint density at radius 2 is 1.65 bits per heavy atom. The first-order valence-corrected chi connectivity index (χ1v) is 12.5. The van der Waals surface area contributed by atoms with Gasteiger partial charge >= 0.3 is 5.97 Å². The van der Waals surface area contributed by atoms with Crippen molar-refractivity contribution >= 4 is 27.4 Å². The number of aliphatic carboxylic acids is 1. The number of carboxylic acid groups (broad SMARTS) is 1. The Bertz CT molecular complexity index is 1210. The maximum atomic E-state index is 12.9. The third-order valence-electron chi connectivity index (χ3n) is 5.19. The van der Waals surface area contributed by atoms with Crippen LogP contribution in [0, 0.1) is 0 Å². The Kier molecular flexibility index (Phi) is 8.68. The van der Waals surface area contributed by atoms with Crippen LogP contribution in [-0.4, -0.2) is 43.8 Å². The number of ether oxygens (including phenoxy) is 1. The van der Waals surface area contributed by atoms with Crippen molar-refractivity contribution in [3.8, 4) is 5.75 Å². The van der Waals surface area contributed by atoms with Crippen LogP contribution >= 0.6 is 11.6 Å². The van der Waals surface area contributed by atoms with Crippen molar-refractivity contribution in [1.29, 1.82) is 0 Å². The Labute approximate surface area is 203 Å². The van der Waals surface area contributed by atoms with Crippen LogP contribution in [0.2, 0.25) is 5.02 Å². The Balaban J connectivity index is 1.54. The highest BCUT2D eigenvalue weighted by Gasteiger charge is 2.18. The number of benzene rings is 3. The number of carboxylic acids is 1. The molecule has 0 saturated carbocycles. The molecule has 0 aliphatic rings. The van der Waals surface area contributed by atoms with Crippen LogP contribution in [0.3, 0.4) is 0 Å². The number of hydrogen-bond donors (Lipinski definition) is 3. The molecule has 3 aromatic carbocycles. The van der Waals surface area contributed by atoms with Gasteiger partial charge in [-0.15, -0.1) is 0 Å². The van der Waals surface area contributed by atoms with Crippen molar-refractivity contribution in [2.45, 2.75) is 35.3 Å². The van der Waals surface area contributed by atoms with Crippen molar-refractivity contribution in [3.05, 3.63) is 88.9 Å². The lowest BCUT2D eigenvalue weighted by molar-refractivity contribution is -0.144. The van der Waals surface area contributed by atoms with Gasteiger partial charge in [-0.25, -0.2) is 13.2 Å². The maximum absolute atomic E-state index is 12.9. The van der Waals surface area contributed by atoms with E-state index in [4.69, 9.17) is 21.4 Å². The molecule has 0 heterocycles. The highest BCUT2D eigenvalue weighted by molar-refractivity contribution is 7.91. The van der Waals surface area contributed by atoms with Crippen LogP contribution < -0.4 is 10.1 Å². The predicted molar refractivity (Wildman–Crippen MR) is 129 cm³/mol. The lowest BCUT2D eigenvalue weighted by Gasteiger charge is -2.13. The summed E-state index contributed by atoms with van der Waals surface area (Å²) < 4.78 is 31.0. The Morgan fingerprint density at radius 3 is 2.24 bits per heavy atom. The molecule has 0 aromatic heterocycles. The van der Waals surface area contributed by atoms with Crippen LogP contribution in [0.1, 0.15) is 24.2 Å². The number of rotatable bonds is 11. The van der Waals surface area contributed by atoms with Crippen molar-refractivity contribution in [2.24, 2.45) is 0 Å². The molecule has 2 atom stereocenters. The summed E-state index contributed by atoms with van der Waals surface area (Å²) in [5, 5.41) is 22.9. The molecule has 34 heavy (non-hydrogen) atoms. The fourth-order valence-electron chi connectivity index (χ4n) is 3.23. The molecule has 3 aromatic rings. The van der Waals surface area contributed by atoms with Gasteiger partial charge in [0.25, 0.3) is 0 Å². The summed E-state index contributed by atoms with van der Waals surface area (Å²) in [6.07, 6.45) is -1.05. The van der Waals surface area contributed by atoms with Gasteiger partial charge in [-0.05, 0) is 79.5 Å². The zero-order valence-electron chi connectivity index (χ0n) is 18.5. The van der Waals surface area contributed by atoms with Gasteiger partial charge in [0.1, 0.15) is 5.75 Å². The van der Waals surface area contributed by atoms with Gasteiger partial charge in [-0.2, -0.15) is 0 Å². The van der Waals surface area contributed by atoms with Crippen LogP contribution in [0.4, 0.5) is 0 Å². The normalized spacial score (nSPS) is 13.3. The van der Waals surface area contributed by atoms with E-state index in [0.29, 0.717) is 24.5 Å². The Morgan fingerprint density at radius 1 is 1.03 bits per heavy atom. The maximum Gasteiger partial charge on any atom is 0.344 e. The second kappa shape index (κ2) is 11.5. The molecular formula is C25H26ClNO6S. The van der Waals surface area contributed by atoms with E-state index in [0.717, 1.165) is 11.1 Å². The van der Waals surface area contributed by atoms with Gasteiger partial charge in [0.15, 0.2) is 6.10 Å². The fourth-order valence-corrected chi connectivity index (χ4v) is 4.69. The summed E-state index contributed by atoms with van der Waals surface area (Å²) in [5.74, 6) is -0.832. The molecule has 0 saturated heterocycles. The van der Waals surface area contributed by atoms with Crippen LogP contribution in [0.25, 0.3) is 0 Å². The first-order valence-electron chi connectivity index (χ1n) is 10.6. The molecule has 7 nitrogen and oxygen atoms in total. The molecule has 3 rings (SSSR count). The molecule has 0 spiro atoms. The van der Waals surface area contributed by atoms with Gasteiger partial charge in [0.05, 0.1) is 15.9 Å².